The van der Waals surface area contributed by atoms with Crippen molar-refractivity contribution in [1.82, 2.24) is 0 Å². The molecule has 0 aromatic heterocycles. The van der Waals surface area contributed by atoms with Crippen LogP contribution in [0.4, 0.5) is 0 Å². The summed E-state index contributed by atoms with van der Waals surface area (Å²) in [5.41, 5.74) is -4.78. The van der Waals surface area contributed by atoms with E-state index in [2.05, 4.69) is 0 Å². The molecule has 0 fully saturated rings. The zero-order valence-corrected chi connectivity index (χ0v) is 14.3. The Morgan fingerprint density at radius 2 is 1.27 bits per heavy atom. The van der Waals surface area contributed by atoms with Crippen LogP contribution in [-0.2, 0) is 13.6 Å². The van der Waals surface area contributed by atoms with Crippen LogP contribution >= 0.6 is 8.25 Å². The predicted molar refractivity (Wildman–Crippen MR) is 88.3 cm³/mol. The van der Waals surface area contributed by atoms with E-state index in [4.69, 9.17) is 9.05 Å². The van der Waals surface area contributed by atoms with Gasteiger partial charge in [0.15, 0.2) is 0 Å². The summed E-state index contributed by atoms with van der Waals surface area (Å²) in [6.07, 6.45) is 10.2. The first-order chi connectivity index (χ1) is 12.2. The fourth-order valence-electron chi connectivity index (χ4n) is 2.43. The fraction of sp³-hybridized carbons (Fsp3) is 0.429. The lowest BCUT2D eigenvalue weighted by Crippen LogP contribution is -2.46. The van der Waals surface area contributed by atoms with Crippen LogP contribution in [0, 0.1) is 32.1 Å². The topological polar surface area (TPSA) is 162 Å². The van der Waals surface area contributed by atoms with Gasteiger partial charge in [0, 0.05) is 12.2 Å². The average molecular weight is 388 g/mol. The summed E-state index contributed by atoms with van der Waals surface area (Å²) in [4.78, 5) is 20.2. The number of nitro groups is 2. The van der Waals surface area contributed by atoms with Crippen LogP contribution in [-0.4, -0.2) is 44.7 Å². The Morgan fingerprint density at radius 3 is 1.62 bits per heavy atom. The molecule has 0 heterocycles. The van der Waals surface area contributed by atoms with Crippen molar-refractivity contribution in [2.45, 2.75) is 11.4 Å². The van der Waals surface area contributed by atoms with Crippen molar-refractivity contribution in [3.8, 4) is 0 Å². The first kappa shape index (κ1) is 20.1. The number of rotatable bonds is 8. The minimum absolute atomic E-state index is 0.462. The van der Waals surface area contributed by atoms with Gasteiger partial charge in [0.2, 0.25) is 0 Å². The lowest BCUT2D eigenvalue weighted by atomic mass is 9.92. The SMILES string of the molecule is O=[N+]([O-])C1(O)C=CC=CC1CO[PH](=O)OCC1C=CC=CC1(O)[N+](=O)[O-]. The molecule has 2 aliphatic carbocycles. The van der Waals surface area contributed by atoms with Crippen molar-refractivity contribution in [2.75, 3.05) is 13.2 Å². The molecular formula is C14H17N2O9P. The highest BCUT2D eigenvalue weighted by molar-refractivity contribution is 7.33. The van der Waals surface area contributed by atoms with Crippen LogP contribution in [0.1, 0.15) is 0 Å². The molecule has 0 amide bonds. The third-order valence-corrected chi connectivity index (χ3v) is 4.83. The molecule has 0 spiro atoms. The molecule has 0 aliphatic heterocycles. The third kappa shape index (κ3) is 4.14. The van der Waals surface area contributed by atoms with Gasteiger partial charge < -0.3 is 19.3 Å². The zero-order valence-electron chi connectivity index (χ0n) is 13.3. The van der Waals surface area contributed by atoms with Crippen LogP contribution in [0.25, 0.3) is 0 Å². The second-order valence-corrected chi connectivity index (χ2v) is 6.73. The van der Waals surface area contributed by atoms with Crippen molar-refractivity contribution < 1.29 is 33.7 Å². The summed E-state index contributed by atoms with van der Waals surface area (Å²) >= 11 is 0. The summed E-state index contributed by atoms with van der Waals surface area (Å²) in [6, 6.07) is 0. The van der Waals surface area contributed by atoms with Gasteiger partial charge in [-0.05, 0) is 0 Å². The van der Waals surface area contributed by atoms with Gasteiger partial charge in [0.05, 0.1) is 23.1 Å². The highest BCUT2D eigenvalue weighted by atomic mass is 31.1. The van der Waals surface area contributed by atoms with Gasteiger partial charge in [0.1, 0.15) is 11.8 Å². The van der Waals surface area contributed by atoms with E-state index in [0.717, 1.165) is 12.2 Å². The first-order valence-electron chi connectivity index (χ1n) is 7.45. The standard InChI is InChI=1S/C14H17N2O9P/c17-13(15(19)20)7-3-1-5-11(13)9-24-26(23)25-10-12-6-2-4-8-14(12,18)16(21)22/h1-8,11-12,17-18,26H,9-10H2. The maximum Gasteiger partial charge on any atom is 0.350 e. The molecular weight excluding hydrogens is 371 g/mol. The van der Waals surface area contributed by atoms with E-state index in [-0.39, 0.29) is 0 Å². The molecule has 0 saturated heterocycles. The van der Waals surface area contributed by atoms with Crippen LogP contribution < -0.4 is 0 Å². The predicted octanol–water partition coefficient (Wildman–Crippen LogP) is 0.824. The smallest absolute Gasteiger partial charge is 0.327 e. The number of hydrogen-bond acceptors (Lipinski definition) is 9. The molecule has 0 aromatic rings. The molecule has 0 bridgehead atoms. The number of allylic oxidation sites excluding steroid dienone is 4. The van der Waals surface area contributed by atoms with Crippen molar-refractivity contribution in [1.29, 1.82) is 0 Å². The van der Waals surface area contributed by atoms with Gasteiger partial charge in [-0.2, -0.15) is 0 Å². The maximum absolute atomic E-state index is 11.8. The molecule has 26 heavy (non-hydrogen) atoms. The Balaban J connectivity index is 1.90. The van der Waals surface area contributed by atoms with E-state index in [1.807, 2.05) is 0 Å². The second kappa shape index (κ2) is 8.02. The molecule has 0 radical (unpaired) electrons. The summed E-state index contributed by atoms with van der Waals surface area (Å²) < 4.78 is 21.7. The molecule has 11 nitrogen and oxygen atoms in total. The summed E-state index contributed by atoms with van der Waals surface area (Å²) in [7, 11) is -3.17. The van der Waals surface area contributed by atoms with Crippen LogP contribution in [0.15, 0.2) is 48.6 Å². The molecule has 0 aromatic carbocycles. The normalized spacial score (nSPS) is 33.9. The van der Waals surface area contributed by atoms with Crippen molar-refractivity contribution >= 4 is 8.25 Å². The molecule has 0 saturated carbocycles. The second-order valence-electron chi connectivity index (χ2n) is 5.65. The number of nitrogens with zero attached hydrogens (tertiary/aromatic N) is 2. The van der Waals surface area contributed by atoms with Crippen molar-refractivity contribution in [3.05, 3.63) is 68.8 Å². The van der Waals surface area contributed by atoms with Crippen LogP contribution in [0.2, 0.25) is 0 Å². The molecule has 4 atom stereocenters. The van der Waals surface area contributed by atoms with Crippen LogP contribution in [0.3, 0.4) is 0 Å². The lowest BCUT2D eigenvalue weighted by Gasteiger charge is -2.26. The van der Waals surface area contributed by atoms with E-state index in [9.17, 15) is 35.0 Å². The van der Waals surface area contributed by atoms with E-state index in [1.54, 1.807) is 0 Å². The number of aliphatic hydroxyl groups is 2. The van der Waals surface area contributed by atoms with Crippen molar-refractivity contribution in [2.24, 2.45) is 11.8 Å². The maximum atomic E-state index is 11.8. The quantitative estimate of drug-likeness (QED) is 0.265. The monoisotopic (exact) mass is 388 g/mol. The number of hydrogen-bond donors (Lipinski definition) is 2. The average Bonchev–Trinajstić information content (AvgIpc) is 2.60. The van der Waals surface area contributed by atoms with Gasteiger partial charge >= 0.3 is 19.7 Å². The minimum atomic E-state index is -3.17. The van der Waals surface area contributed by atoms with Gasteiger partial charge in [-0.15, -0.1) is 0 Å². The molecule has 2 rings (SSSR count). The fourth-order valence-corrected chi connectivity index (χ4v) is 3.14. The van der Waals surface area contributed by atoms with E-state index in [0.29, 0.717) is 0 Å². The Morgan fingerprint density at radius 1 is 0.885 bits per heavy atom. The van der Waals surface area contributed by atoms with Gasteiger partial charge in [0.25, 0.3) is 0 Å². The molecule has 142 valence electrons. The highest BCUT2D eigenvalue weighted by Gasteiger charge is 2.48. The van der Waals surface area contributed by atoms with Gasteiger partial charge in [-0.25, -0.2) is 0 Å². The van der Waals surface area contributed by atoms with Crippen molar-refractivity contribution in [3.63, 3.8) is 0 Å². The molecule has 12 heteroatoms. The highest BCUT2D eigenvalue weighted by Crippen LogP contribution is 2.33. The van der Waals surface area contributed by atoms with Crippen LogP contribution in [0.5, 0.6) is 0 Å². The van der Waals surface area contributed by atoms with E-state index in [1.165, 1.54) is 36.5 Å². The Bertz CT molecular complexity index is 661. The summed E-state index contributed by atoms with van der Waals surface area (Å²) in [5.74, 6) is -2.18. The molecule has 2 aliphatic rings. The van der Waals surface area contributed by atoms with E-state index < -0.39 is 54.6 Å². The van der Waals surface area contributed by atoms with E-state index >= 15 is 0 Å². The van der Waals surface area contributed by atoms with Gasteiger partial charge in [-0.3, -0.25) is 24.8 Å². The Kier molecular flexibility index (Phi) is 6.21. The first-order valence-corrected chi connectivity index (χ1v) is 8.68. The third-order valence-electron chi connectivity index (χ3n) is 4.03. The summed E-state index contributed by atoms with van der Waals surface area (Å²) in [5, 5.41) is 42.0. The van der Waals surface area contributed by atoms with Gasteiger partial charge in [-0.1, -0.05) is 36.5 Å². The minimum Gasteiger partial charge on any atom is -0.327 e. The molecule has 2 N–H and O–H groups in total. The Hall–Kier alpha value is -2.17. The Labute approximate surface area is 148 Å². The lowest BCUT2D eigenvalue weighted by molar-refractivity contribution is -0.617. The zero-order chi connectivity index (χ0) is 19.4. The molecule has 4 unspecified atom stereocenters. The summed E-state index contributed by atoms with van der Waals surface area (Å²) in [6.45, 7) is -0.925. The largest absolute Gasteiger partial charge is 0.350 e.